The average Bonchev–Trinajstić information content (AvgIpc) is 4.05. The molecule has 4 aliphatic rings. The highest BCUT2D eigenvalue weighted by Gasteiger charge is 2.39. The van der Waals surface area contributed by atoms with Crippen LogP contribution in [0.4, 0.5) is 8.78 Å². The monoisotopic (exact) mass is 859 g/mol. The number of fused-ring (bicyclic) bond motifs is 3. The van der Waals surface area contributed by atoms with Crippen molar-refractivity contribution in [2.75, 3.05) is 33.4 Å². The Balaban J connectivity index is 1.16. The maximum atomic E-state index is 14.1. The Kier molecular flexibility index (Phi) is 13.0. The van der Waals surface area contributed by atoms with E-state index in [9.17, 15) is 26.8 Å². The van der Waals surface area contributed by atoms with Crippen molar-refractivity contribution in [1.82, 2.24) is 14.6 Å². The molecule has 1 N–H and O–H groups in total. The number of hydrogen-bond donors (Lipinski definition) is 1. The van der Waals surface area contributed by atoms with Crippen LogP contribution in [0.3, 0.4) is 0 Å². The molecule has 1 unspecified atom stereocenters. The summed E-state index contributed by atoms with van der Waals surface area (Å²) in [6, 6.07) is 14.3. The molecule has 12 nitrogen and oxygen atoms in total. The molecule has 4 fully saturated rings. The highest BCUT2D eigenvalue weighted by Crippen LogP contribution is 2.38. The van der Waals surface area contributed by atoms with Crippen LogP contribution in [0.5, 0.6) is 17.2 Å². The lowest BCUT2D eigenvalue weighted by molar-refractivity contribution is -0.161. The van der Waals surface area contributed by atoms with E-state index < -0.39 is 40.7 Å². The van der Waals surface area contributed by atoms with Gasteiger partial charge in [0.1, 0.15) is 24.0 Å². The van der Waals surface area contributed by atoms with Gasteiger partial charge in [0.25, 0.3) is 0 Å². The van der Waals surface area contributed by atoms with Crippen LogP contribution in [0.1, 0.15) is 64.9 Å². The zero-order valence-electron chi connectivity index (χ0n) is 31.3. The van der Waals surface area contributed by atoms with E-state index in [0.29, 0.717) is 29.0 Å². The summed E-state index contributed by atoms with van der Waals surface area (Å²) in [6.45, 7) is -0.416. The molecular weight excluding hydrogens is 819 g/mol. The van der Waals surface area contributed by atoms with Gasteiger partial charge in [0.05, 0.1) is 34.2 Å². The minimum Gasteiger partial charge on any atom is -0.497 e. The predicted molar refractivity (Wildman–Crippen MR) is 209 cm³/mol. The van der Waals surface area contributed by atoms with Gasteiger partial charge in [-0.1, -0.05) is 47.5 Å². The van der Waals surface area contributed by atoms with E-state index >= 15 is 0 Å². The number of halogens is 4. The smallest absolute Gasteiger partial charge is 0.387 e. The Bertz CT molecular complexity index is 2220. The number of benzene rings is 3. The molecule has 8 rings (SSSR count). The third kappa shape index (κ3) is 10.2. The van der Waals surface area contributed by atoms with Gasteiger partial charge in [-0.25, -0.2) is 18.0 Å². The van der Waals surface area contributed by atoms with Gasteiger partial charge in [0.15, 0.2) is 11.5 Å². The van der Waals surface area contributed by atoms with Gasteiger partial charge in [0, 0.05) is 25.4 Å². The molecule has 58 heavy (non-hydrogen) atoms. The standard InChI is InChI=1S/C41H41Cl2F2N3O9S/c1-53-29-6-2-4-27(16-29)38(40(50)56-37-22-48-14-12-25(37)13-15-48)47-58(51,52)30-7-3-5-28(17-30)39(49)55-35(19-31-32(42)20-46-21-33(31)43)26-10-11-34(57-41(44)45)36(18-26)54-23-24-8-9-24/h2-7,10-11,16-18,20-21,24-25,35,37-38,41,47H,8-9,12-15,19,22-23H2,1H3/t35-,37-,38?/m0/s1. The first-order valence-electron chi connectivity index (χ1n) is 18.8. The largest absolute Gasteiger partial charge is 0.497 e. The number of sulfonamides is 1. The van der Waals surface area contributed by atoms with Gasteiger partial charge >= 0.3 is 18.6 Å². The lowest BCUT2D eigenvalue weighted by atomic mass is 9.86. The predicted octanol–water partition coefficient (Wildman–Crippen LogP) is 7.59. The number of carbonyl (C=O) groups excluding carboxylic acids is 2. The highest BCUT2D eigenvalue weighted by molar-refractivity contribution is 7.89. The van der Waals surface area contributed by atoms with Crippen molar-refractivity contribution in [3.63, 3.8) is 0 Å². The lowest BCUT2D eigenvalue weighted by Crippen LogP contribution is -2.52. The van der Waals surface area contributed by atoms with E-state index in [1.807, 2.05) is 0 Å². The molecule has 308 valence electrons. The average molecular weight is 861 g/mol. The van der Waals surface area contributed by atoms with Gasteiger partial charge in [-0.05, 0) is 110 Å². The number of methoxy groups -OCH3 is 1. The van der Waals surface area contributed by atoms with Crippen molar-refractivity contribution in [2.45, 2.75) is 61.9 Å². The molecule has 0 spiro atoms. The molecule has 2 bridgehead atoms. The second-order valence-electron chi connectivity index (χ2n) is 14.5. The minimum atomic E-state index is -4.49. The number of rotatable bonds is 17. The maximum absolute atomic E-state index is 14.1. The summed E-state index contributed by atoms with van der Waals surface area (Å²) in [5.74, 6) is -1.01. The Labute approximate surface area is 344 Å². The number of ether oxygens (including phenoxy) is 5. The first kappa shape index (κ1) is 41.6. The number of alkyl halides is 2. The van der Waals surface area contributed by atoms with Crippen LogP contribution in [-0.4, -0.2) is 76.3 Å². The highest BCUT2D eigenvalue weighted by atomic mass is 35.5. The fourth-order valence-corrected chi connectivity index (χ4v) is 8.85. The van der Waals surface area contributed by atoms with Crippen molar-refractivity contribution in [3.05, 3.63) is 111 Å². The zero-order chi connectivity index (χ0) is 41.0. The van der Waals surface area contributed by atoms with E-state index in [1.54, 1.807) is 24.3 Å². The molecule has 1 saturated carbocycles. The molecule has 4 aromatic rings. The van der Waals surface area contributed by atoms with E-state index in [1.165, 1.54) is 55.9 Å². The third-order valence-corrected chi connectivity index (χ3v) is 12.6. The van der Waals surface area contributed by atoms with E-state index in [2.05, 4.69) is 14.6 Å². The molecule has 1 aromatic heterocycles. The van der Waals surface area contributed by atoms with Gasteiger partial charge in [-0.2, -0.15) is 13.5 Å². The fraction of sp³-hybridized carbons (Fsp3) is 0.390. The summed E-state index contributed by atoms with van der Waals surface area (Å²) in [5, 5.41) is 0.376. The molecule has 0 radical (unpaired) electrons. The normalized spacial score (nSPS) is 19.9. The van der Waals surface area contributed by atoms with Crippen LogP contribution in [-0.2, 0) is 30.7 Å². The van der Waals surface area contributed by atoms with Crippen LogP contribution in [0.2, 0.25) is 10.0 Å². The molecule has 3 saturated heterocycles. The first-order chi connectivity index (χ1) is 27.9. The molecule has 17 heteroatoms. The Morgan fingerprint density at radius 1 is 0.931 bits per heavy atom. The van der Waals surface area contributed by atoms with Gasteiger partial charge < -0.3 is 23.7 Å². The van der Waals surface area contributed by atoms with Crippen LogP contribution in [0.15, 0.2) is 84.0 Å². The zero-order valence-corrected chi connectivity index (χ0v) is 33.7. The van der Waals surface area contributed by atoms with Crippen molar-refractivity contribution in [2.24, 2.45) is 11.8 Å². The number of esters is 2. The third-order valence-electron chi connectivity index (χ3n) is 10.5. The first-order valence-corrected chi connectivity index (χ1v) is 21.0. The molecule has 3 aliphatic heterocycles. The van der Waals surface area contributed by atoms with Crippen LogP contribution < -0.4 is 18.9 Å². The number of aromatic nitrogens is 1. The molecule has 3 aromatic carbocycles. The number of carbonyl (C=O) groups is 2. The van der Waals surface area contributed by atoms with Crippen LogP contribution in [0.25, 0.3) is 0 Å². The Morgan fingerprint density at radius 2 is 1.67 bits per heavy atom. The van der Waals surface area contributed by atoms with Crippen molar-refractivity contribution in [3.8, 4) is 17.2 Å². The number of nitrogens with one attached hydrogen (secondary N) is 1. The lowest BCUT2D eigenvalue weighted by Gasteiger charge is -2.44. The van der Waals surface area contributed by atoms with E-state index in [-0.39, 0.29) is 63.0 Å². The summed E-state index contributed by atoms with van der Waals surface area (Å²) in [6.07, 6.45) is 4.81. The fourth-order valence-electron chi connectivity index (χ4n) is 7.11. The van der Waals surface area contributed by atoms with Crippen molar-refractivity contribution < 1.29 is 50.5 Å². The molecular formula is C41H41Cl2F2N3O9S. The number of pyridine rings is 1. The number of hydrogen-bond acceptors (Lipinski definition) is 11. The van der Waals surface area contributed by atoms with E-state index in [0.717, 1.165) is 44.8 Å². The van der Waals surface area contributed by atoms with Crippen LogP contribution >= 0.6 is 23.2 Å². The maximum Gasteiger partial charge on any atom is 0.387 e. The number of nitrogens with zero attached hydrogens (tertiary/aromatic N) is 2. The quantitative estimate of drug-likeness (QED) is 0.105. The van der Waals surface area contributed by atoms with E-state index in [4.69, 9.17) is 46.9 Å². The topological polar surface area (TPSA) is 143 Å². The Morgan fingerprint density at radius 3 is 2.34 bits per heavy atom. The molecule has 1 aliphatic carbocycles. The van der Waals surface area contributed by atoms with Gasteiger partial charge in [0.2, 0.25) is 10.0 Å². The van der Waals surface area contributed by atoms with Gasteiger partial charge in [-0.3, -0.25) is 9.88 Å². The molecule has 4 heterocycles. The summed E-state index contributed by atoms with van der Waals surface area (Å²) >= 11 is 12.9. The number of piperidine rings is 3. The summed E-state index contributed by atoms with van der Waals surface area (Å²) < 4.78 is 85.2. The van der Waals surface area contributed by atoms with Crippen molar-refractivity contribution in [1.29, 1.82) is 0 Å². The van der Waals surface area contributed by atoms with Gasteiger partial charge in [-0.15, -0.1) is 0 Å². The summed E-state index contributed by atoms with van der Waals surface area (Å²) in [5.41, 5.74) is 0.874. The minimum absolute atomic E-state index is 0.0226. The molecule has 0 amide bonds. The summed E-state index contributed by atoms with van der Waals surface area (Å²) in [4.78, 5) is 33.6. The second-order valence-corrected chi connectivity index (χ2v) is 17.0. The molecule has 3 atom stereocenters. The van der Waals surface area contributed by atoms with Crippen molar-refractivity contribution >= 4 is 45.2 Å². The second kappa shape index (κ2) is 18.2. The SMILES string of the molecule is COc1cccc(C(NS(=O)(=O)c2cccc(C(=O)O[C@@H](Cc3c(Cl)cncc3Cl)c3ccc(OC(F)F)c(OCC4CC4)c3)c2)C(=O)O[C@H]2CN3CCC2CC3)c1. The van der Waals surface area contributed by atoms with Crippen LogP contribution in [0, 0.1) is 11.8 Å². The Hall–Kier alpha value is -4.54. The summed E-state index contributed by atoms with van der Waals surface area (Å²) in [7, 11) is -3.04.